The minimum atomic E-state index is -4.03. The summed E-state index contributed by atoms with van der Waals surface area (Å²) in [6.07, 6.45) is -1.31. The van der Waals surface area contributed by atoms with E-state index in [1.165, 1.54) is 31.4 Å². The van der Waals surface area contributed by atoms with Gasteiger partial charge in [-0.2, -0.15) is 4.31 Å². The van der Waals surface area contributed by atoms with Gasteiger partial charge in [0, 0.05) is 6.54 Å². The Hall–Kier alpha value is -1.68. The van der Waals surface area contributed by atoms with E-state index in [1.54, 1.807) is 0 Å². The molecular formula is C13H19NO7S. The minimum Gasteiger partial charge on any atom is -0.497 e. The van der Waals surface area contributed by atoms with Crippen molar-refractivity contribution in [3.8, 4) is 5.75 Å². The van der Waals surface area contributed by atoms with Gasteiger partial charge in [-0.3, -0.25) is 4.79 Å². The molecule has 2 N–H and O–H groups in total. The molecule has 0 aliphatic rings. The molecular weight excluding hydrogens is 314 g/mol. The molecule has 8 nitrogen and oxygen atoms in total. The van der Waals surface area contributed by atoms with Gasteiger partial charge in [0.2, 0.25) is 10.0 Å². The van der Waals surface area contributed by atoms with Gasteiger partial charge in [0.1, 0.15) is 12.3 Å². The van der Waals surface area contributed by atoms with Gasteiger partial charge in [0.05, 0.1) is 31.8 Å². The number of carbonyl (C=O) groups excluding carboxylic acids is 1. The van der Waals surface area contributed by atoms with Crippen LogP contribution in [-0.2, 0) is 19.6 Å². The summed E-state index contributed by atoms with van der Waals surface area (Å²) in [6.45, 7) is -1.63. The van der Waals surface area contributed by atoms with E-state index in [0.717, 1.165) is 11.4 Å². The molecule has 0 amide bonds. The van der Waals surface area contributed by atoms with Crippen LogP contribution in [0, 0.1) is 0 Å². The van der Waals surface area contributed by atoms with Gasteiger partial charge in [0.25, 0.3) is 0 Å². The zero-order valence-corrected chi connectivity index (χ0v) is 13.1. The molecule has 0 saturated carbocycles. The normalized spacial score (nSPS) is 13.0. The lowest BCUT2D eigenvalue weighted by Crippen LogP contribution is -2.42. The van der Waals surface area contributed by atoms with Crippen LogP contribution in [-0.4, -0.2) is 68.9 Å². The number of carbonyl (C=O) groups is 1. The fourth-order valence-corrected chi connectivity index (χ4v) is 3.07. The number of nitrogens with zero attached hydrogens (tertiary/aromatic N) is 1. The summed E-state index contributed by atoms with van der Waals surface area (Å²) in [6, 6.07) is 5.57. The van der Waals surface area contributed by atoms with Crippen LogP contribution in [0.3, 0.4) is 0 Å². The third-order valence-electron chi connectivity index (χ3n) is 2.86. The first kappa shape index (κ1) is 18.4. The number of methoxy groups -OCH3 is 2. The summed E-state index contributed by atoms with van der Waals surface area (Å²) in [7, 11) is -1.45. The van der Waals surface area contributed by atoms with Crippen molar-refractivity contribution in [2.24, 2.45) is 0 Å². The Kier molecular flexibility index (Phi) is 6.75. The highest BCUT2D eigenvalue weighted by Gasteiger charge is 2.28. The first-order valence-electron chi connectivity index (χ1n) is 6.35. The standard InChI is InChI=1S/C13H19NO7S/c1-20-11-3-5-12(6-4-11)22(18,19)14(7-10(16)9-15)8-13(17)21-2/h3-6,10,15-16H,7-9H2,1-2H3/t10-/m0/s1. The van der Waals surface area contributed by atoms with Crippen LogP contribution in [0.4, 0.5) is 0 Å². The Morgan fingerprint density at radius 2 is 1.86 bits per heavy atom. The maximum absolute atomic E-state index is 12.5. The molecule has 0 spiro atoms. The molecule has 0 heterocycles. The third kappa shape index (κ3) is 4.67. The van der Waals surface area contributed by atoms with Crippen molar-refractivity contribution in [2.45, 2.75) is 11.0 Å². The van der Waals surface area contributed by atoms with E-state index in [9.17, 15) is 18.3 Å². The van der Waals surface area contributed by atoms with Crippen LogP contribution in [0.5, 0.6) is 5.75 Å². The molecule has 124 valence electrons. The van der Waals surface area contributed by atoms with Crippen molar-refractivity contribution in [3.05, 3.63) is 24.3 Å². The summed E-state index contributed by atoms with van der Waals surface area (Å²) < 4.78 is 35.2. The van der Waals surface area contributed by atoms with E-state index < -0.39 is 41.8 Å². The zero-order chi connectivity index (χ0) is 16.8. The number of aliphatic hydroxyl groups is 2. The average molecular weight is 333 g/mol. The van der Waals surface area contributed by atoms with E-state index >= 15 is 0 Å². The first-order chi connectivity index (χ1) is 10.3. The van der Waals surface area contributed by atoms with Crippen LogP contribution < -0.4 is 4.74 Å². The largest absolute Gasteiger partial charge is 0.497 e. The number of rotatable bonds is 8. The van der Waals surface area contributed by atoms with Crippen molar-refractivity contribution in [1.82, 2.24) is 4.31 Å². The Labute approximate surface area is 128 Å². The molecule has 0 bridgehead atoms. The van der Waals surface area contributed by atoms with E-state index in [1.807, 2.05) is 0 Å². The lowest BCUT2D eigenvalue weighted by atomic mass is 10.3. The predicted molar refractivity (Wildman–Crippen MR) is 76.9 cm³/mol. The van der Waals surface area contributed by atoms with Gasteiger partial charge in [-0.05, 0) is 24.3 Å². The summed E-state index contributed by atoms with van der Waals surface area (Å²) in [5.74, 6) is -0.295. The molecule has 0 radical (unpaired) electrons. The second-order valence-electron chi connectivity index (χ2n) is 4.39. The van der Waals surface area contributed by atoms with Crippen molar-refractivity contribution in [2.75, 3.05) is 33.9 Å². The van der Waals surface area contributed by atoms with E-state index in [2.05, 4.69) is 4.74 Å². The summed E-state index contributed by atoms with van der Waals surface area (Å²) in [5.41, 5.74) is 0. The molecule has 0 aliphatic carbocycles. The van der Waals surface area contributed by atoms with Crippen LogP contribution >= 0.6 is 0 Å². The number of ether oxygens (including phenoxy) is 2. The van der Waals surface area contributed by atoms with Crippen molar-refractivity contribution < 1.29 is 32.9 Å². The molecule has 1 atom stereocenters. The molecule has 0 aliphatic heterocycles. The second kappa shape index (κ2) is 8.08. The highest BCUT2D eigenvalue weighted by atomic mass is 32.2. The van der Waals surface area contributed by atoms with Crippen LogP contribution in [0.15, 0.2) is 29.2 Å². The molecule has 1 aromatic rings. The number of hydrogen-bond donors (Lipinski definition) is 2. The fraction of sp³-hybridized carbons (Fsp3) is 0.462. The van der Waals surface area contributed by atoms with Gasteiger partial charge in [-0.1, -0.05) is 0 Å². The Balaban J connectivity index is 3.09. The molecule has 0 unspecified atom stereocenters. The highest BCUT2D eigenvalue weighted by Crippen LogP contribution is 2.19. The second-order valence-corrected chi connectivity index (χ2v) is 6.32. The average Bonchev–Trinajstić information content (AvgIpc) is 2.53. The van der Waals surface area contributed by atoms with E-state index in [0.29, 0.717) is 5.75 Å². The maximum Gasteiger partial charge on any atom is 0.321 e. The number of sulfonamides is 1. The number of hydrogen-bond acceptors (Lipinski definition) is 7. The van der Waals surface area contributed by atoms with E-state index in [-0.39, 0.29) is 4.90 Å². The number of benzene rings is 1. The highest BCUT2D eigenvalue weighted by molar-refractivity contribution is 7.89. The number of esters is 1. The van der Waals surface area contributed by atoms with Gasteiger partial charge >= 0.3 is 5.97 Å². The molecule has 9 heteroatoms. The van der Waals surface area contributed by atoms with Crippen molar-refractivity contribution >= 4 is 16.0 Å². The summed E-state index contributed by atoms with van der Waals surface area (Å²) >= 11 is 0. The molecule has 1 rings (SSSR count). The van der Waals surface area contributed by atoms with Gasteiger partial charge < -0.3 is 19.7 Å². The van der Waals surface area contributed by atoms with Crippen LogP contribution in [0.1, 0.15) is 0 Å². The maximum atomic E-state index is 12.5. The van der Waals surface area contributed by atoms with Gasteiger partial charge in [-0.15, -0.1) is 0 Å². The Morgan fingerprint density at radius 3 is 2.32 bits per heavy atom. The molecule has 0 aromatic heterocycles. The first-order valence-corrected chi connectivity index (χ1v) is 7.79. The molecule has 0 saturated heterocycles. The van der Waals surface area contributed by atoms with Crippen LogP contribution in [0.2, 0.25) is 0 Å². The lowest BCUT2D eigenvalue weighted by molar-refractivity contribution is -0.141. The number of aliphatic hydroxyl groups excluding tert-OH is 2. The lowest BCUT2D eigenvalue weighted by Gasteiger charge is -2.23. The topological polar surface area (TPSA) is 113 Å². The van der Waals surface area contributed by atoms with Crippen molar-refractivity contribution in [3.63, 3.8) is 0 Å². The molecule has 22 heavy (non-hydrogen) atoms. The monoisotopic (exact) mass is 333 g/mol. The summed E-state index contributed by atoms with van der Waals surface area (Å²) in [4.78, 5) is 11.3. The predicted octanol–water partition coefficient (Wildman–Crippen LogP) is -0.788. The Bertz CT molecular complexity index is 585. The van der Waals surface area contributed by atoms with E-state index in [4.69, 9.17) is 9.84 Å². The van der Waals surface area contributed by atoms with Crippen molar-refractivity contribution in [1.29, 1.82) is 0 Å². The minimum absolute atomic E-state index is 0.0673. The SMILES string of the molecule is COC(=O)CN(C[C@H](O)CO)S(=O)(=O)c1ccc(OC)cc1. The Morgan fingerprint density at radius 1 is 1.27 bits per heavy atom. The van der Waals surface area contributed by atoms with Gasteiger partial charge in [0.15, 0.2) is 0 Å². The summed E-state index contributed by atoms with van der Waals surface area (Å²) in [5, 5.41) is 18.4. The van der Waals surface area contributed by atoms with Gasteiger partial charge in [-0.25, -0.2) is 8.42 Å². The molecule has 0 fully saturated rings. The van der Waals surface area contributed by atoms with Crippen LogP contribution in [0.25, 0.3) is 0 Å². The smallest absolute Gasteiger partial charge is 0.321 e. The molecule has 1 aromatic carbocycles. The fourth-order valence-electron chi connectivity index (χ4n) is 1.65. The third-order valence-corrected chi connectivity index (χ3v) is 4.68. The zero-order valence-electron chi connectivity index (χ0n) is 12.3. The quantitative estimate of drug-likeness (QED) is 0.599.